The van der Waals surface area contributed by atoms with Gasteiger partial charge in [-0.25, -0.2) is 0 Å². The molecule has 0 aliphatic carbocycles. The standard InChI is InChI=1S/C18H23N3O3/c1-3-24-15-4-5-16-13(9-15)8-14(18(23)20-16)11-21-7-6-17(22)19-10-12(21)2/h4-5,8-9,12H,3,6-7,10-11H2,1-2H3,(H,19,22)(H,20,23)/t12-/m1/s1. The number of nitrogens with zero attached hydrogens (tertiary/aromatic N) is 1. The number of aromatic amines is 1. The number of nitrogens with one attached hydrogen (secondary N) is 2. The maximum atomic E-state index is 12.4. The van der Waals surface area contributed by atoms with Crippen LogP contribution in [-0.2, 0) is 11.3 Å². The van der Waals surface area contributed by atoms with E-state index in [1.165, 1.54) is 0 Å². The molecule has 0 spiro atoms. The highest BCUT2D eigenvalue weighted by Gasteiger charge is 2.21. The topological polar surface area (TPSA) is 74.4 Å². The van der Waals surface area contributed by atoms with Gasteiger partial charge in [-0.2, -0.15) is 0 Å². The number of fused-ring (bicyclic) bond motifs is 1. The van der Waals surface area contributed by atoms with Gasteiger partial charge in [0, 0.05) is 48.6 Å². The van der Waals surface area contributed by atoms with Crippen molar-refractivity contribution < 1.29 is 9.53 Å². The summed E-state index contributed by atoms with van der Waals surface area (Å²) in [5, 5.41) is 3.84. The molecule has 3 rings (SSSR count). The van der Waals surface area contributed by atoms with Crippen LogP contribution < -0.4 is 15.6 Å². The number of benzene rings is 1. The van der Waals surface area contributed by atoms with Gasteiger partial charge in [0.25, 0.3) is 5.56 Å². The third kappa shape index (κ3) is 3.59. The number of ether oxygens (including phenoxy) is 1. The van der Waals surface area contributed by atoms with E-state index in [1.54, 1.807) is 0 Å². The maximum Gasteiger partial charge on any atom is 0.252 e. The normalized spacial score (nSPS) is 19.1. The van der Waals surface area contributed by atoms with Crippen LogP contribution in [0.1, 0.15) is 25.8 Å². The maximum absolute atomic E-state index is 12.4. The molecule has 2 heterocycles. The fourth-order valence-corrected chi connectivity index (χ4v) is 3.00. The minimum atomic E-state index is -0.0811. The number of amides is 1. The molecule has 6 nitrogen and oxygen atoms in total. The Labute approximate surface area is 140 Å². The quantitative estimate of drug-likeness (QED) is 0.894. The van der Waals surface area contributed by atoms with Gasteiger partial charge in [0.05, 0.1) is 6.61 Å². The number of hydrogen-bond acceptors (Lipinski definition) is 4. The van der Waals surface area contributed by atoms with E-state index < -0.39 is 0 Å². The van der Waals surface area contributed by atoms with E-state index in [0.717, 1.165) is 16.7 Å². The van der Waals surface area contributed by atoms with Crippen molar-refractivity contribution in [3.05, 3.63) is 40.2 Å². The van der Waals surface area contributed by atoms with Crippen molar-refractivity contribution in [3.8, 4) is 5.75 Å². The number of carbonyl (C=O) groups excluding carboxylic acids is 1. The van der Waals surface area contributed by atoms with E-state index in [9.17, 15) is 9.59 Å². The van der Waals surface area contributed by atoms with Crippen molar-refractivity contribution in [1.82, 2.24) is 15.2 Å². The predicted octanol–water partition coefficient (Wildman–Crippen LogP) is 1.64. The van der Waals surface area contributed by atoms with Gasteiger partial charge in [0.2, 0.25) is 5.91 Å². The van der Waals surface area contributed by atoms with Gasteiger partial charge in [-0.3, -0.25) is 14.5 Å². The fraction of sp³-hybridized carbons (Fsp3) is 0.444. The predicted molar refractivity (Wildman–Crippen MR) is 93.2 cm³/mol. The SMILES string of the molecule is CCOc1ccc2[nH]c(=O)c(CN3CCC(=O)NC[C@H]3C)cc2c1. The van der Waals surface area contributed by atoms with Crippen LogP contribution in [0.3, 0.4) is 0 Å². The molecule has 0 saturated carbocycles. The summed E-state index contributed by atoms with van der Waals surface area (Å²) in [5.74, 6) is 0.860. The lowest BCUT2D eigenvalue weighted by Crippen LogP contribution is -2.38. The third-order valence-corrected chi connectivity index (χ3v) is 4.42. The fourth-order valence-electron chi connectivity index (χ4n) is 3.00. The summed E-state index contributed by atoms with van der Waals surface area (Å²) in [6.07, 6.45) is 0.463. The van der Waals surface area contributed by atoms with Crippen LogP contribution in [0.4, 0.5) is 0 Å². The van der Waals surface area contributed by atoms with Crippen molar-refractivity contribution in [2.24, 2.45) is 0 Å². The second-order valence-electron chi connectivity index (χ2n) is 6.18. The van der Waals surface area contributed by atoms with E-state index in [0.29, 0.717) is 38.2 Å². The Hall–Kier alpha value is -2.34. The van der Waals surface area contributed by atoms with Gasteiger partial charge >= 0.3 is 0 Å². The second kappa shape index (κ2) is 7.05. The van der Waals surface area contributed by atoms with Crippen molar-refractivity contribution in [3.63, 3.8) is 0 Å². The van der Waals surface area contributed by atoms with Gasteiger partial charge in [0.1, 0.15) is 5.75 Å². The molecule has 24 heavy (non-hydrogen) atoms. The number of pyridine rings is 1. The largest absolute Gasteiger partial charge is 0.494 e. The Kier molecular flexibility index (Phi) is 4.85. The Morgan fingerprint density at radius 2 is 2.12 bits per heavy atom. The van der Waals surface area contributed by atoms with Crippen LogP contribution >= 0.6 is 0 Å². The van der Waals surface area contributed by atoms with E-state index in [1.807, 2.05) is 31.2 Å². The highest BCUT2D eigenvalue weighted by Crippen LogP contribution is 2.20. The molecule has 1 amide bonds. The second-order valence-corrected chi connectivity index (χ2v) is 6.18. The highest BCUT2D eigenvalue weighted by molar-refractivity contribution is 5.80. The molecule has 128 valence electrons. The van der Waals surface area contributed by atoms with Gasteiger partial charge in [0.15, 0.2) is 0 Å². The van der Waals surface area contributed by atoms with Gasteiger partial charge in [-0.15, -0.1) is 0 Å². The number of hydrogen-bond donors (Lipinski definition) is 2. The monoisotopic (exact) mass is 329 g/mol. The first-order chi connectivity index (χ1) is 11.6. The lowest BCUT2D eigenvalue weighted by Gasteiger charge is -2.25. The molecular formula is C18H23N3O3. The number of H-pyrrole nitrogens is 1. The molecule has 1 aromatic heterocycles. The van der Waals surface area contributed by atoms with Crippen molar-refractivity contribution in [2.75, 3.05) is 19.7 Å². The molecule has 1 aliphatic heterocycles. The molecule has 6 heteroatoms. The zero-order valence-electron chi connectivity index (χ0n) is 14.1. The summed E-state index contributed by atoms with van der Waals surface area (Å²) >= 11 is 0. The summed E-state index contributed by atoms with van der Waals surface area (Å²) in [5.41, 5.74) is 1.42. The first kappa shape index (κ1) is 16.5. The summed E-state index contributed by atoms with van der Waals surface area (Å²) in [4.78, 5) is 29.0. The molecule has 1 aliphatic rings. The minimum Gasteiger partial charge on any atom is -0.494 e. The van der Waals surface area contributed by atoms with E-state index >= 15 is 0 Å². The van der Waals surface area contributed by atoms with Crippen LogP contribution in [0.25, 0.3) is 10.9 Å². The Balaban J connectivity index is 1.89. The zero-order valence-corrected chi connectivity index (χ0v) is 14.1. The molecule has 1 atom stereocenters. The molecular weight excluding hydrogens is 306 g/mol. The number of rotatable bonds is 4. The molecule has 0 radical (unpaired) electrons. The first-order valence-corrected chi connectivity index (χ1v) is 8.36. The first-order valence-electron chi connectivity index (χ1n) is 8.36. The van der Waals surface area contributed by atoms with Crippen LogP contribution in [0.5, 0.6) is 5.75 Å². The average Bonchev–Trinajstić information content (AvgIpc) is 2.71. The summed E-state index contributed by atoms with van der Waals surface area (Å²) in [6.45, 7) is 6.41. The van der Waals surface area contributed by atoms with Crippen LogP contribution in [0.15, 0.2) is 29.1 Å². The molecule has 2 aromatic rings. The number of aromatic nitrogens is 1. The van der Waals surface area contributed by atoms with Crippen molar-refractivity contribution in [1.29, 1.82) is 0 Å². The highest BCUT2D eigenvalue weighted by atomic mass is 16.5. The van der Waals surface area contributed by atoms with E-state index in [4.69, 9.17) is 4.74 Å². The van der Waals surface area contributed by atoms with Gasteiger partial charge in [-0.05, 0) is 38.1 Å². The third-order valence-electron chi connectivity index (χ3n) is 4.42. The zero-order chi connectivity index (χ0) is 17.1. The Morgan fingerprint density at radius 3 is 2.92 bits per heavy atom. The van der Waals surface area contributed by atoms with Crippen LogP contribution in [0, 0.1) is 0 Å². The summed E-state index contributed by atoms with van der Waals surface area (Å²) in [6, 6.07) is 7.78. The molecule has 2 N–H and O–H groups in total. The van der Waals surface area contributed by atoms with Gasteiger partial charge in [-0.1, -0.05) is 0 Å². The van der Waals surface area contributed by atoms with E-state index in [2.05, 4.69) is 22.1 Å². The van der Waals surface area contributed by atoms with Crippen molar-refractivity contribution in [2.45, 2.75) is 32.9 Å². The Morgan fingerprint density at radius 1 is 1.29 bits per heavy atom. The molecule has 0 bridgehead atoms. The smallest absolute Gasteiger partial charge is 0.252 e. The lowest BCUT2D eigenvalue weighted by atomic mass is 10.1. The molecule has 1 saturated heterocycles. The number of carbonyl (C=O) groups is 1. The van der Waals surface area contributed by atoms with Crippen LogP contribution in [0.2, 0.25) is 0 Å². The summed E-state index contributed by atoms with van der Waals surface area (Å²) < 4.78 is 5.53. The minimum absolute atomic E-state index is 0.0677. The molecule has 0 unspecified atom stereocenters. The Bertz CT molecular complexity index is 800. The lowest BCUT2D eigenvalue weighted by molar-refractivity contribution is -0.120. The van der Waals surface area contributed by atoms with Crippen molar-refractivity contribution >= 4 is 16.8 Å². The van der Waals surface area contributed by atoms with Gasteiger partial charge < -0.3 is 15.0 Å². The molecule has 1 fully saturated rings. The average molecular weight is 329 g/mol. The van der Waals surface area contributed by atoms with Crippen LogP contribution in [-0.4, -0.2) is 41.5 Å². The molecule has 1 aromatic carbocycles. The summed E-state index contributed by atoms with van der Waals surface area (Å²) in [7, 11) is 0. The van der Waals surface area contributed by atoms with E-state index in [-0.39, 0.29) is 17.5 Å².